The predicted molar refractivity (Wildman–Crippen MR) is 72.9 cm³/mol. The zero-order valence-corrected chi connectivity index (χ0v) is 11.6. The summed E-state index contributed by atoms with van der Waals surface area (Å²) in [6.45, 7) is 5.56. The van der Waals surface area contributed by atoms with E-state index in [9.17, 15) is 4.79 Å². The molecule has 19 heavy (non-hydrogen) atoms. The molecule has 0 saturated carbocycles. The molecule has 3 heterocycles. The Morgan fingerprint density at radius 1 is 1.37 bits per heavy atom. The lowest BCUT2D eigenvalue weighted by atomic mass is 9.99. The number of hydrogen-bond acceptors (Lipinski definition) is 4. The highest BCUT2D eigenvalue weighted by Gasteiger charge is 2.32. The van der Waals surface area contributed by atoms with Crippen molar-refractivity contribution in [3.63, 3.8) is 0 Å². The highest BCUT2D eigenvalue weighted by Crippen LogP contribution is 2.22. The fourth-order valence-corrected chi connectivity index (χ4v) is 3.44. The minimum atomic E-state index is 0.150. The van der Waals surface area contributed by atoms with Crippen molar-refractivity contribution in [2.45, 2.75) is 37.8 Å². The maximum Gasteiger partial charge on any atom is 0.224 e. The van der Waals surface area contributed by atoms with E-state index in [1.807, 2.05) is 0 Å². The van der Waals surface area contributed by atoms with Crippen molar-refractivity contribution in [3.8, 4) is 0 Å². The summed E-state index contributed by atoms with van der Waals surface area (Å²) in [5.41, 5.74) is 0. The van der Waals surface area contributed by atoms with E-state index in [0.717, 1.165) is 39.1 Å². The molecule has 0 aromatic heterocycles. The quantitative estimate of drug-likeness (QED) is 0.754. The Balaban J connectivity index is 1.40. The maximum absolute atomic E-state index is 12.0. The number of hydrogen-bond donors (Lipinski definition) is 2. The van der Waals surface area contributed by atoms with E-state index < -0.39 is 0 Å². The molecule has 0 bridgehead atoms. The van der Waals surface area contributed by atoms with Gasteiger partial charge in [-0.05, 0) is 38.8 Å². The van der Waals surface area contributed by atoms with Gasteiger partial charge in [0, 0.05) is 25.7 Å². The van der Waals surface area contributed by atoms with Gasteiger partial charge in [-0.1, -0.05) is 0 Å². The van der Waals surface area contributed by atoms with Gasteiger partial charge in [-0.3, -0.25) is 9.69 Å². The molecule has 3 aliphatic heterocycles. The number of piperidine rings is 1. The van der Waals surface area contributed by atoms with Gasteiger partial charge in [0.25, 0.3) is 0 Å². The number of fused-ring (bicyclic) bond motifs is 1. The van der Waals surface area contributed by atoms with Crippen molar-refractivity contribution in [1.82, 2.24) is 15.5 Å². The molecule has 3 fully saturated rings. The Morgan fingerprint density at radius 3 is 3.16 bits per heavy atom. The van der Waals surface area contributed by atoms with Crippen LogP contribution in [0.25, 0.3) is 0 Å². The molecule has 0 radical (unpaired) electrons. The molecule has 3 saturated heterocycles. The third-order valence-electron chi connectivity index (χ3n) is 4.63. The van der Waals surface area contributed by atoms with E-state index in [-0.39, 0.29) is 17.9 Å². The molecular weight excluding hydrogens is 242 g/mol. The summed E-state index contributed by atoms with van der Waals surface area (Å²) in [6.07, 6.45) is 4.86. The van der Waals surface area contributed by atoms with Gasteiger partial charge < -0.3 is 15.4 Å². The number of carbonyl (C=O) groups excluding carboxylic acids is 1. The van der Waals surface area contributed by atoms with E-state index in [1.54, 1.807) is 0 Å². The standard InChI is InChI=1S/C14H25N3O2/c18-14(11-3-1-5-15-7-11)16-8-13-9-17-6-2-4-12(17)10-19-13/h11-13,15H,1-10H2,(H,16,18)/t11-,12?,13?/m1/s1. The van der Waals surface area contributed by atoms with Crippen LogP contribution in [0.4, 0.5) is 0 Å². The summed E-state index contributed by atoms with van der Waals surface area (Å²) in [4.78, 5) is 14.6. The van der Waals surface area contributed by atoms with Crippen LogP contribution >= 0.6 is 0 Å². The molecule has 3 aliphatic rings. The third-order valence-corrected chi connectivity index (χ3v) is 4.63. The fourth-order valence-electron chi connectivity index (χ4n) is 3.44. The molecule has 0 spiro atoms. The van der Waals surface area contributed by atoms with Gasteiger partial charge in [-0.2, -0.15) is 0 Å². The Kier molecular flexibility index (Phi) is 4.35. The molecule has 3 rings (SSSR count). The van der Waals surface area contributed by atoms with Crippen LogP contribution in [0.5, 0.6) is 0 Å². The Bertz CT molecular complexity index is 318. The summed E-state index contributed by atoms with van der Waals surface area (Å²) >= 11 is 0. The summed E-state index contributed by atoms with van der Waals surface area (Å²) in [5, 5.41) is 6.35. The summed E-state index contributed by atoms with van der Waals surface area (Å²) in [7, 11) is 0. The number of rotatable bonds is 3. The Hall–Kier alpha value is -0.650. The molecule has 0 aliphatic carbocycles. The normalized spacial score (nSPS) is 35.9. The van der Waals surface area contributed by atoms with Crippen LogP contribution in [-0.2, 0) is 9.53 Å². The van der Waals surface area contributed by atoms with E-state index in [1.165, 1.54) is 19.4 Å². The monoisotopic (exact) mass is 267 g/mol. The smallest absolute Gasteiger partial charge is 0.224 e. The second-order valence-electron chi connectivity index (χ2n) is 6.03. The topological polar surface area (TPSA) is 53.6 Å². The lowest BCUT2D eigenvalue weighted by Gasteiger charge is -2.35. The third kappa shape index (κ3) is 3.27. The predicted octanol–water partition coefficient (Wildman–Crippen LogP) is -0.0346. The molecule has 0 aromatic rings. The Labute approximate surface area is 115 Å². The van der Waals surface area contributed by atoms with Crippen molar-refractivity contribution in [1.29, 1.82) is 0 Å². The summed E-state index contributed by atoms with van der Waals surface area (Å²) < 4.78 is 5.86. The summed E-state index contributed by atoms with van der Waals surface area (Å²) in [6, 6.07) is 0.634. The largest absolute Gasteiger partial charge is 0.373 e. The van der Waals surface area contributed by atoms with Gasteiger partial charge in [0.2, 0.25) is 5.91 Å². The van der Waals surface area contributed by atoms with Gasteiger partial charge in [0.15, 0.2) is 0 Å². The SMILES string of the molecule is O=C(NCC1CN2CCCC2CO1)[C@@H]1CCCNC1. The van der Waals surface area contributed by atoms with Crippen LogP contribution in [0.15, 0.2) is 0 Å². The molecule has 5 heteroatoms. The average Bonchev–Trinajstić information content (AvgIpc) is 2.93. The number of carbonyl (C=O) groups is 1. The molecule has 2 unspecified atom stereocenters. The van der Waals surface area contributed by atoms with E-state index in [2.05, 4.69) is 15.5 Å². The van der Waals surface area contributed by atoms with E-state index >= 15 is 0 Å². The second kappa shape index (κ2) is 6.20. The first-order valence-corrected chi connectivity index (χ1v) is 7.67. The fraction of sp³-hybridized carbons (Fsp3) is 0.929. The minimum Gasteiger partial charge on any atom is -0.373 e. The van der Waals surface area contributed by atoms with Crippen molar-refractivity contribution in [2.24, 2.45) is 5.92 Å². The van der Waals surface area contributed by atoms with Gasteiger partial charge in [-0.15, -0.1) is 0 Å². The first-order valence-electron chi connectivity index (χ1n) is 7.67. The van der Waals surface area contributed by atoms with Crippen LogP contribution < -0.4 is 10.6 Å². The molecule has 0 aromatic carbocycles. The van der Waals surface area contributed by atoms with Gasteiger partial charge in [0.1, 0.15) is 0 Å². The first kappa shape index (κ1) is 13.3. The van der Waals surface area contributed by atoms with Gasteiger partial charge in [0.05, 0.1) is 18.6 Å². The average molecular weight is 267 g/mol. The highest BCUT2D eigenvalue weighted by atomic mass is 16.5. The number of morpholine rings is 1. The van der Waals surface area contributed by atoms with Crippen LogP contribution in [0, 0.1) is 5.92 Å². The van der Waals surface area contributed by atoms with Gasteiger partial charge >= 0.3 is 0 Å². The van der Waals surface area contributed by atoms with Crippen molar-refractivity contribution in [3.05, 3.63) is 0 Å². The Morgan fingerprint density at radius 2 is 2.32 bits per heavy atom. The van der Waals surface area contributed by atoms with Crippen molar-refractivity contribution >= 4 is 5.91 Å². The molecule has 5 nitrogen and oxygen atoms in total. The minimum absolute atomic E-state index is 0.150. The number of nitrogens with zero attached hydrogens (tertiary/aromatic N) is 1. The van der Waals surface area contributed by atoms with Crippen molar-refractivity contribution < 1.29 is 9.53 Å². The first-order chi connectivity index (χ1) is 9.33. The van der Waals surface area contributed by atoms with E-state index in [0.29, 0.717) is 12.6 Å². The highest BCUT2D eigenvalue weighted by molar-refractivity contribution is 5.79. The van der Waals surface area contributed by atoms with Crippen LogP contribution in [0.1, 0.15) is 25.7 Å². The van der Waals surface area contributed by atoms with Gasteiger partial charge in [-0.25, -0.2) is 0 Å². The molecule has 2 N–H and O–H groups in total. The molecular formula is C14H25N3O2. The number of ether oxygens (including phenoxy) is 1. The van der Waals surface area contributed by atoms with Crippen LogP contribution in [0.3, 0.4) is 0 Å². The zero-order valence-electron chi connectivity index (χ0n) is 11.6. The molecule has 3 atom stereocenters. The lowest BCUT2D eigenvalue weighted by Crippen LogP contribution is -2.51. The second-order valence-corrected chi connectivity index (χ2v) is 6.03. The maximum atomic E-state index is 12.0. The molecule has 1 amide bonds. The number of amides is 1. The van der Waals surface area contributed by atoms with Crippen molar-refractivity contribution in [2.75, 3.05) is 39.3 Å². The molecule has 108 valence electrons. The number of nitrogens with one attached hydrogen (secondary N) is 2. The van der Waals surface area contributed by atoms with Crippen LogP contribution in [0.2, 0.25) is 0 Å². The summed E-state index contributed by atoms with van der Waals surface area (Å²) in [5.74, 6) is 0.344. The van der Waals surface area contributed by atoms with Crippen LogP contribution in [-0.4, -0.2) is 62.3 Å². The van der Waals surface area contributed by atoms with E-state index in [4.69, 9.17) is 4.74 Å². The lowest BCUT2D eigenvalue weighted by molar-refractivity contribution is -0.126. The zero-order chi connectivity index (χ0) is 13.1.